The molecule has 0 aliphatic rings. The maximum absolute atomic E-state index is 10.9. The average Bonchev–Trinajstić information content (AvgIpc) is 2.20. The molecule has 0 saturated heterocycles. The Kier molecular flexibility index (Phi) is 4.42. The maximum atomic E-state index is 10.9. The van der Waals surface area contributed by atoms with Crippen LogP contribution in [0.4, 0.5) is 5.69 Å². The molecule has 0 unspecified atom stereocenters. The van der Waals surface area contributed by atoms with E-state index in [-0.39, 0.29) is 16.4 Å². The number of nitrogens with zero attached hydrogens (tertiary/aromatic N) is 1. The zero-order valence-electron chi connectivity index (χ0n) is 8.40. The molecular formula is C9H9IN2O3S. The molecule has 0 bridgehead atoms. The van der Waals surface area contributed by atoms with Crippen molar-refractivity contribution in [1.82, 2.24) is 0 Å². The minimum atomic E-state index is -0.505. The summed E-state index contributed by atoms with van der Waals surface area (Å²) < 4.78 is 5.85. The molecule has 1 aromatic rings. The molecule has 0 heterocycles. The topological polar surface area (TPSA) is 78.4 Å². The second-order valence-corrected chi connectivity index (χ2v) is 4.46. The summed E-state index contributed by atoms with van der Waals surface area (Å²) in [5.41, 5.74) is 5.79. The summed E-state index contributed by atoms with van der Waals surface area (Å²) >= 11 is 6.74. The zero-order valence-corrected chi connectivity index (χ0v) is 11.4. The van der Waals surface area contributed by atoms with Crippen molar-refractivity contribution in [2.45, 2.75) is 6.92 Å². The number of benzene rings is 1. The molecule has 1 rings (SSSR count). The molecule has 0 spiro atoms. The number of nitro groups is 1. The number of thiocarbonyl (C=S) groups is 1. The Bertz CT molecular complexity index is 451. The first-order valence-electron chi connectivity index (χ1n) is 4.38. The fourth-order valence-corrected chi connectivity index (χ4v) is 2.03. The SMILES string of the molecule is CCOc1c(I)cc(C(N)=S)cc1[N+](=O)[O-]. The Morgan fingerprint density at radius 2 is 2.31 bits per heavy atom. The van der Waals surface area contributed by atoms with E-state index < -0.39 is 4.92 Å². The van der Waals surface area contributed by atoms with Gasteiger partial charge in [-0.1, -0.05) is 12.2 Å². The lowest BCUT2D eigenvalue weighted by atomic mass is 10.2. The van der Waals surface area contributed by atoms with E-state index in [1.165, 1.54) is 6.07 Å². The Morgan fingerprint density at radius 1 is 1.69 bits per heavy atom. The van der Waals surface area contributed by atoms with Crippen molar-refractivity contribution < 1.29 is 9.66 Å². The first-order valence-corrected chi connectivity index (χ1v) is 5.86. The second kappa shape index (κ2) is 5.39. The van der Waals surface area contributed by atoms with E-state index >= 15 is 0 Å². The van der Waals surface area contributed by atoms with Crippen LogP contribution in [0, 0.1) is 13.7 Å². The Balaban J connectivity index is 3.39. The van der Waals surface area contributed by atoms with Crippen LogP contribution in [-0.2, 0) is 0 Å². The van der Waals surface area contributed by atoms with Crippen molar-refractivity contribution in [3.8, 4) is 5.75 Å². The highest BCUT2D eigenvalue weighted by atomic mass is 127. The third-order valence-electron chi connectivity index (χ3n) is 1.79. The highest BCUT2D eigenvalue weighted by molar-refractivity contribution is 14.1. The van der Waals surface area contributed by atoms with Gasteiger partial charge in [0, 0.05) is 11.6 Å². The van der Waals surface area contributed by atoms with E-state index in [2.05, 4.69) is 0 Å². The van der Waals surface area contributed by atoms with Gasteiger partial charge in [0.05, 0.1) is 15.1 Å². The third-order valence-corrected chi connectivity index (χ3v) is 2.83. The predicted octanol–water partition coefficient (Wildman–Crippen LogP) is 2.23. The van der Waals surface area contributed by atoms with Crippen LogP contribution in [0.5, 0.6) is 5.75 Å². The van der Waals surface area contributed by atoms with Gasteiger partial charge in [0.2, 0.25) is 5.75 Å². The number of nitrogens with two attached hydrogens (primary N) is 1. The minimum Gasteiger partial charge on any atom is -0.486 e. The molecule has 1 aromatic carbocycles. The highest BCUT2D eigenvalue weighted by Crippen LogP contribution is 2.33. The van der Waals surface area contributed by atoms with Crippen LogP contribution in [0.25, 0.3) is 0 Å². The van der Waals surface area contributed by atoms with E-state index in [4.69, 9.17) is 22.7 Å². The zero-order chi connectivity index (χ0) is 12.3. The summed E-state index contributed by atoms with van der Waals surface area (Å²) in [5.74, 6) is 0.258. The molecule has 7 heteroatoms. The van der Waals surface area contributed by atoms with E-state index in [9.17, 15) is 10.1 Å². The lowest BCUT2D eigenvalue weighted by Crippen LogP contribution is -2.11. The van der Waals surface area contributed by atoms with Crippen molar-refractivity contribution in [2.24, 2.45) is 5.73 Å². The van der Waals surface area contributed by atoms with Crippen molar-refractivity contribution in [2.75, 3.05) is 6.61 Å². The first kappa shape index (κ1) is 13.1. The van der Waals surface area contributed by atoms with Crippen LogP contribution in [0.15, 0.2) is 12.1 Å². The molecule has 0 aliphatic heterocycles. The summed E-state index contributed by atoms with van der Waals surface area (Å²) in [6.07, 6.45) is 0. The Labute approximate surface area is 111 Å². The van der Waals surface area contributed by atoms with Gasteiger partial charge in [-0.25, -0.2) is 0 Å². The van der Waals surface area contributed by atoms with Gasteiger partial charge in [-0.05, 0) is 35.6 Å². The molecular weight excluding hydrogens is 343 g/mol. The average molecular weight is 352 g/mol. The maximum Gasteiger partial charge on any atom is 0.312 e. The lowest BCUT2D eigenvalue weighted by molar-refractivity contribution is -0.386. The first-order chi connectivity index (χ1) is 7.47. The number of ether oxygens (including phenoxy) is 1. The van der Waals surface area contributed by atoms with Gasteiger partial charge in [0.1, 0.15) is 4.99 Å². The summed E-state index contributed by atoms with van der Waals surface area (Å²) in [5, 5.41) is 10.9. The quantitative estimate of drug-likeness (QED) is 0.389. The Morgan fingerprint density at radius 3 is 2.75 bits per heavy atom. The van der Waals surface area contributed by atoms with Crippen molar-refractivity contribution >= 4 is 45.5 Å². The van der Waals surface area contributed by atoms with Gasteiger partial charge in [0.15, 0.2) is 0 Å². The monoisotopic (exact) mass is 352 g/mol. The molecule has 0 aromatic heterocycles. The summed E-state index contributed by atoms with van der Waals surface area (Å²) in [4.78, 5) is 10.5. The van der Waals surface area contributed by atoms with Crippen LogP contribution < -0.4 is 10.5 Å². The number of nitro benzene ring substituents is 1. The molecule has 2 N–H and O–H groups in total. The second-order valence-electron chi connectivity index (χ2n) is 2.86. The smallest absolute Gasteiger partial charge is 0.312 e. The predicted molar refractivity (Wildman–Crippen MR) is 72.9 cm³/mol. The van der Waals surface area contributed by atoms with Crippen LogP contribution >= 0.6 is 34.8 Å². The van der Waals surface area contributed by atoms with E-state index in [1.807, 2.05) is 22.6 Å². The molecule has 0 radical (unpaired) electrons. The minimum absolute atomic E-state index is 0.114. The van der Waals surface area contributed by atoms with Crippen LogP contribution in [0.3, 0.4) is 0 Å². The molecule has 0 amide bonds. The molecule has 0 saturated carbocycles. The van der Waals surface area contributed by atoms with Gasteiger partial charge in [-0.15, -0.1) is 0 Å². The summed E-state index contributed by atoms with van der Waals surface area (Å²) in [6, 6.07) is 3.00. The molecule has 5 nitrogen and oxygen atoms in total. The standard InChI is InChI=1S/C9H9IN2O3S/c1-2-15-8-6(10)3-5(9(11)16)4-7(8)12(13)14/h3-4H,2H2,1H3,(H2,11,16). The molecule has 16 heavy (non-hydrogen) atoms. The van der Waals surface area contributed by atoms with Crippen LogP contribution in [0.2, 0.25) is 0 Å². The number of halogens is 1. The highest BCUT2D eigenvalue weighted by Gasteiger charge is 2.20. The molecule has 0 aliphatic carbocycles. The van der Waals surface area contributed by atoms with Crippen molar-refractivity contribution in [1.29, 1.82) is 0 Å². The molecule has 0 atom stereocenters. The van der Waals surface area contributed by atoms with Gasteiger partial charge in [-0.2, -0.15) is 0 Å². The van der Waals surface area contributed by atoms with Gasteiger partial charge >= 0.3 is 5.69 Å². The summed E-state index contributed by atoms with van der Waals surface area (Å²) in [6.45, 7) is 2.13. The van der Waals surface area contributed by atoms with Crippen LogP contribution in [0.1, 0.15) is 12.5 Å². The van der Waals surface area contributed by atoms with Crippen molar-refractivity contribution in [3.05, 3.63) is 31.4 Å². The molecule has 86 valence electrons. The lowest BCUT2D eigenvalue weighted by Gasteiger charge is -2.08. The van der Waals surface area contributed by atoms with Crippen LogP contribution in [-0.4, -0.2) is 16.5 Å². The van der Waals surface area contributed by atoms with Gasteiger partial charge in [-0.3, -0.25) is 10.1 Å². The fourth-order valence-electron chi connectivity index (χ4n) is 1.14. The number of hydrogen-bond donors (Lipinski definition) is 1. The fraction of sp³-hybridized carbons (Fsp3) is 0.222. The summed E-state index contributed by atoms with van der Waals surface area (Å²) in [7, 11) is 0. The van der Waals surface area contributed by atoms with Gasteiger partial charge in [0.25, 0.3) is 0 Å². The van der Waals surface area contributed by atoms with E-state index in [1.54, 1.807) is 13.0 Å². The van der Waals surface area contributed by atoms with Gasteiger partial charge < -0.3 is 10.5 Å². The van der Waals surface area contributed by atoms with Crippen molar-refractivity contribution in [3.63, 3.8) is 0 Å². The largest absolute Gasteiger partial charge is 0.486 e. The number of rotatable bonds is 4. The number of hydrogen-bond acceptors (Lipinski definition) is 4. The third kappa shape index (κ3) is 2.79. The normalized spacial score (nSPS) is 9.88. The molecule has 0 fully saturated rings. The Hall–Kier alpha value is -0.960. The van der Waals surface area contributed by atoms with E-state index in [0.717, 1.165) is 0 Å². The van der Waals surface area contributed by atoms with E-state index in [0.29, 0.717) is 15.7 Å².